The van der Waals surface area contributed by atoms with Crippen LogP contribution in [0.5, 0.6) is 0 Å². The Bertz CT molecular complexity index is 286. The standard InChI is InChI=1S/C13H20O/c1-5-6-7-13(4)10(2)8-12(14)9-11(13)3/h5-6,8,11H,7,9H2,1-4H3. The van der Waals surface area contributed by atoms with Gasteiger partial charge in [-0.3, -0.25) is 4.79 Å². The molecular formula is C13H20O. The van der Waals surface area contributed by atoms with Gasteiger partial charge in [0, 0.05) is 6.42 Å². The summed E-state index contributed by atoms with van der Waals surface area (Å²) in [6.07, 6.45) is 7.85. The van der Waals surface area contributed by atoms with Gasteiger partial charge in [-0.05, 0) is 37.7 Å². The van der Waals surface area contributed by atoms with E-state index in [4.69, 9.17) is 0 Å². The molecule has 0 aromatic heterocycles. The first-order valence-corrected chi connectivity index (χ1v) is 5.33. The van der Waals surface area contributed by atoms with Gasteiger partial charge in [-0.15, -0.1) is 0 Å². The Morgan fingerprint density at radius 1 is 1.64 bits per heavy atom. The summed E-state index contributed by atoms with van der Waals surface area (Å²) in [6.45, 7) is 8.56. The maximum atomic E-state index is 11.4. The summed E-state index contributed by atoms with van der Waals surface area (Å²) in [4.78, 5) is 11.4. The average Bonchev–Trinajstić information content (AvgIpc) is 2.11. The second-order valence-electron chi connectivity index (χ2n) is 4.59. The number of carbonyl (C=O) groups is 1. The van der Waals surface area contributed by atoms with Crippen LogP contribution >= 0.6 is 0 Å². The van der Waals surface area contributed by atoms with E-state index in [1.54, 1.807) is 0 Å². The molecule has 0 radical (unpaired) electrons. The van der Waals surface area contributed by atoms with E-state index in [0.29, 0.717) is 12.3 Å². The number of ketones is 1. The predicted octanol–water partition coefficient (Wildman–Crippen LogP) is 3.51. The minimum Gasteiger partial charge on any atom is -0.295 e. The molecule has 0 aromatic rings. The van der Waals surface area contributed by atoms with Crippen molar-refractivity contribution in [1.29, 1.82) is 0 Å². The molecule has 78 valence electrons. The maximum Gasteiger partial charge on any atom is 0.155 e. The van der Waals surface area contributed by atoms with Crippen LogP contribution in [0.3, 0.4) is 0 Å². The van der Waals surface area contributed by atoms with E-state index in [-0.39, 0.29) is 11.2 Å². The van der Waals surface area contributed by atoms with Gasteiger partial charge in [-0.1, -0.05) is 31.6 Å². The first-order valence-electron chi connectivity index (χ1n) is 5.33. The quantitative estimate of drug-likeness (QED) is 0.612. The lowest BCUT2D eigenvalue weighted by Crippen LogP contribution is -2.32. The smallest absolute Gasteiger partial charge is 0.155 e. The summed E-state index contributed by atoms with van der Waals surface area (Å²) in [6, 6.07) is 0. The summed E-state index contributed by atoms with van der Waals surface area (Å²) in [5, 5.41) is 0. The Kier molecular flexibility index (Phi) is 3.30. The number of hydrogen-bond acceptors (Lipinski definition) is 1. The van der Waals surface area contributed by atoms with Crippen molar-refractivity contribution in [1.82, 2.24) is 0 Å². The SMILES string of the molecule is CC=CCC1(C)C(C)=CC(=O)CC1C. The first kappa shape index (κ1) is 11.2. The molecule has 0 heterocycles. The van der Waals surface area contributed by atoms with Crippen molar-refractivity contribution in [3.05, 3.63) is 23.8 Å². The Hall–Kier alpha value is -0.850. The van der Waals surface area contributed by atoms with Crippen LogP contribution in [0.15, 0.2) is 23.8 Å². The molecule has 0 fully saturated rings. The monoisotopic (exact) mass is 192 g/mol. The van der Waals surface area contributed by atoms with Crippen molar-refractivity contribution in [3.8, 4) is 0 Å². The van der Waals surface area contributed by atoms with Crippen molar-refractivity contribution in [2.24, 2.45) is 11.3 Å². The maximum absolute atomic E-state index is 11.4. The lowest BCUT2D eigenvalue weighted by atomic mass is 9.65. The molecule has 1 aliphatic carbocycles. The fourth-order valence-corrected chi connectivity index (χ4v) is 2.11. The molecule has 1 aliphatic rings. The molecule has 1 heteroatoms. The van der Waals surface area contributed by atoms with Gasteiger partial charge in [0.05, 0.1) is 0 Å². The van der Waals surface area contributed by atoms with E-state index in [0.717, 1.165) is 6.42 Å². The lowest BCUT2D eigenvalue weighted by Gasteiger charge is -2.38. The summed E-state index contributed by atoms with van der Waals surface area (Å²) in [5.74, 6) is 0.740. The van der Waals surface area contributed by atoms with Gasteiger partial charge in [-0.2, -0.15) is 0 Å². The second-order valence-corrected chi connectivity index (χ2v) is 4.59. The summed E-state index contributed by atoms with van der Waals surface area (Å²) >= 11 is 0. The Labute approximate surface area is 86.9 Å². The molecule has 1 nitrogen and oxygen atoms in total. The Morgan fingerprint density at radius 2 is 2.29 bits per heavy atom. The minimum atomic E-state index is 0.181. The Balaban J connectivity index is 2.94. The molecular weight excluding hydrogens is 172 g/mol. The first-order chi connectivity index (χ1) is 6.50. The fraction of sp³-hybridized carbons (Fsp3) is 0.615. The van der Waals surface area contributed by atoms with Crippen LogP contribution in [0, 0.1) is 11.3 Å². The largest absolute Gasteiger partial charge is 0.295 e. The van der Waals surface area contributed by atoms with E-state index in [1.807, 2.05) is 13.0 Å². The van der Waals surface area contributed by atoms with Crippen LogP contribution in [0.25, 0.3) is 0 Å². The van der Waals surface area contributed by atoms with Crippen LogP contribution in [0.2, 0.25) is 0 Å². The minimum absolute atomic E-state index is 0.181. The normalized spacial score (nSPS) is 33.6. The van der Waals surface area contributed by atoms with Crippen molar-refractivity contribution >= 4 is 5.78 Å². The van der Waals surface area contributed by atoms with E-state index < -0.39 is 0 Å². The highest BCUT2D eigenvalue weighted by atomic mass is 16.1. The lowest BCUT2D eigenvalue weighted by molar-refractivity contribution is -0.117. The van der Waals surface area contributed by atoms with Crippen LogP contribution in [0.1, 0.15) is 40.5 Å². The van der Waals surface area contributed by atoms with Crippen LogP contribution in [-0.4, -0.2) is 5.78 Å². The average molecular weight is 192 g/mol. The van der Waals surface area contributed by atoms with E-state index in [2.05, 4.69) is 32.9 Å². The van der Waals surface area contributed by atoms with Crippen molar-refractivity contribution in [2.45, 2.75) is 40.5 Å². The van der Waals surface area contributed by atoms with Crippen molar-refractivity contribution in [2.75, 3.05) is 0 Å². The van der Waals surface area contributed by atoms with Crippen LogP contribution in [0.4, 0.5) is 0 Å². The predicted molar refractivity (Wildman–Crippen MR) is 60.1 cm³/mol. The van der Waals surface area contributed by atoms with Gasteiger partial charge in [-0.25, -0.2) is 0 Å². The third kappa shape index (κ3) is 1.97. The zero-order valence-electron chi connectivity index (χ0n) is 9.63. The molecule has 0 bridgehead atoms. The number of allylic oxidation sites excluding steroid dienone is 4. The highest BCUT2D eigenvalue weighted by Crippen LogP contribution is 2.43. The van der Waals surface area contributed by atoms with Crippen molar-refractivity contribution in [3.63, 3.8) is 0 Å². The molecule has 0 saturated carbocycles. The number of hydrogen-bond donors (Lipinski definition) is 0. The van der Waals surface area contributed by atoms with Gasteiger partial charge in [0.2, 0.25) is 0 Å². The van der Waals surface area contributed by atoms with Gasteiger partial charge in [0.1, 0.15) is 0 Å². The third-order valence-electron chi connectivity index (χ3n) is 3.65. The highest BCUT2D eigenvalue weighted by Gasteiger charge is 2.36. The molecule has 0 N–H and O–H groups in total. The fourth-order valence-electron chi connectivity index (χ4n) is 2.11. The van der Waals surface area contributed by atoms with Gasteiger partial charge >= 0.3 is 0 Å². The number of carbonyl (C=O) groups excluding carboxylic acids is 1. The summed E-state index contributed by atoms with van der Waals surface area (Å²) < 4.78 is 0. The topological polar surface area (TPSA) is 17.1 Å². The zero-order chi connectivity index (χ0) is 10.8. The third-order valence-corrected chi connectivity index (χ3v) is 3.65. The molecule has 0 amide bonds. The van der Waals surface area contributed by atoms with Gasteiger partial charge < -0.3 is 0 Å². The Morgan fingerprint density at radius 3 is 2.79 bits per heavy atom. The molecule has 2 atom stereocenters. The molecule has 1 rings (SSSR count). The van der Waals surface area contributed by atoms with E-state index >= 15 is 0 Å². The van der Waals surface area contributed by atoms with E-state index in [9.17, 15) is 4.79 Å². The molecule has 0 aromatic carbocycles. The molecule has 2 unspecified atom stereocenters. The molecule has 0 saturated heterocycles. The second kappa shape index (κ2) is 4.12. The number of rotatable bonds is 2. The molecule has 0 aliphatic heterocycles. The molecule has 0 spiro atoms. The highest BCUT2D eigenvalue weighted by molar-refractivity contribution is 5.91. The van der Waals surface area contributed by atoms with Gasteiger partial charge in [0.25, 0.3) is 0 Å². The molecule has 14 heavy (non-hydrogen) atoms. The van der Waals surface area contributed by atoms with Crippen LogP contribution in [-0.2, 0) is 4.79 Å². The summed E-state index contributed by atoms with van der Waals surface area (Å²) in [7, 11) is 0. The van der Waals surface area contributed by atoms with Gasteiger partial charge in [0.15, 0.2) is 5.78 Å². The van der Waals surface area contributed by atoms with E-state index in [1.165, 1.54) is 5.57 Å². The zero-order valence-corrected chi connectivity index (χ0v) is 9.63. The summed E-state index contributed by atoms with van der Waals surface area (Å²) in [5.41, 5.74) is 1.42. The van der Waals surface area contributed by atoms with Crippen LogP contribution < -0.4 is 0 Å². The van der Waals surface area contributed by atoms with Crippen molar-refractivity contribution < 1.29 is 4.79 Å².